The fourth-order valence-electron chi connectivity index (χ4n) is 2.30. The second kappa shape index (κ2) is 4.28. The average molecular weight is 245 g/mol. The molecule has 18 heavy (non-hydrogen) atoms. The molecule has 1 aliphatic rings. The molecule has 1 aliphatic carbocycles. The number of aromatic nitrogens is 2. The Bertz CT molecular complexity index is 564. The molecule has 3 rings (SSSR count). The molecule has 1 saturated carbocycles. The maximum Gasteiger partial charge on any atom is 0.110 e. The second-order valence-corrected chi connectivity index (χ2v) is 5.16. The predicted molar refractivity (Wildman–Crippen MR) is 70.2 cm³/mol. The third kappa shape index (κ3) is 2.20. The highest BCUT2D eigenvalue weighted by Gasteiger charge is 2.22. The molecule has 0 amide bonds. The molecule has 1 N–H and O–H groups in total. The quantitative estimate of drug-likeness (QED) is 0.900. The zero-order valence-corrected chi connectivity index (χ0v) is 11.2. The standard InChI is InChI=1S/C14H19N3O/c1-9-6-13(10(2)18-9)14-11(8-17(3)16-14)7-15-12-4-5-12/h6,8,12,15H,4-5,7H2,1-3H3. The van der Waals surface area contributed by atoms with Crippen molar-refractivity contribution in [3.8, 4) is 11.3 Å². The second-order valence-electron chi connectivity index (χ2n) is 5.16. The molecular formula is C14H19N3O. The van der Waals surface area contributed by atoms with Crippen LogP contribution in [0, 0.1) is 13.8 Å². The van der Waals surface area contributed by atoms with E-state index in [1.807, 2.05) is 25.6 Å². The third-order valence-electron chi connectivity index (χ3n) is 3.36. The van der Waals surface area contributed by atoms with Gasteiger partial charge in [-0.2, -0.15) is 5.10 Å². The fourth-order valence-corrected chi connectivity index (χ4v) is 2.30. The molecule has 4 nitrogen and oxygen atoms in total. The summed E-state index contributed by atoms with van der Waals surface area (Å²) in [7, 11) is 1.96. The molecular weight excluding hydrogens is 226 g/mol. The van der Waals surface area contributed by atoms with Crippen molar-refractivity contribution in [1.82, 2.24) is 15.1 Å². The maximum atomic E-state index is 5.60. The summed E-state index contributed by atoms with van der Waals surface area (Å²) in [5, 5.41) is 8.11. The largest absolute Gasteiger partial charge is 0.466 e. The van der Waals surface area contributed by atoms with Gasteiger partial charge in [-0.3, -0.25) is 4.68 Å². The van der Waals surface area contributed by atoms with E-state index in [0.717, 1.165) is 29.3 Å². The lowest BCUT2D eigenvalue weighted by Crippen LogP contribution is -2.15. The molecule has 0 saturated heterocycles. The lowest BCUT2D eigenvalue weighted by molar-refractivity contribution is 0.505. The van der Waals surface area contributed by atoms with Gasteiger partial charge in [-0.15, -0.1) is 0 Å². The van der Waals surface area contributed by atoms with E-state index in [9.17, 15) is 0 Å². The van der Waals surface area contributed by atoms with Gasteiger partial charge in [-0.05, 0) is 32.8 Å². The van der Waals surface area contributed by atoms with E-state index in [4.69, 9.17) is 4.42 Å². The Kier molecular flexibility index (Phi) is 2.74. The summed E-state index contributed by atoms with van der Waals surface area (Å²) in [6.45, 7) is 4.86. The topological polar surface area (TPSA) is 43.0 Å². The van der Waals surface area contributed by atoms with Crippen LogP contribution in [0.1, 0.15) is 29.9 Å². The SMILES string of the molecule is Cc1cc(-c2nn(C)cc2CNC2CC2)c(C)o1. The number of hydrogen-bond donors (Lipinski definition) is 1. The van der Waals surface area contributed by atoms with Crippen LogP contribution in [-0.4, -0.2) is 15.8 Å². The van der Waals surface area contributed by atoms with Crippen molar-refractivity contribution >= 4 is 0 Å². The van der Waals surface area contributed by atoms with Gasteiger partial charge in [-0.25, -0.2) is 0 Å². The summed E-state index contributed by atoms with van der Waals surface area (Å²) < 4.78 is 7.48. The van der Waals surface area contributed by atoms with E-state index in [2.05, 4.69) is 22.7 Å². The molecule has 2 heterocycles. The van der Waals surface area contributed by atoms with Crippen molar-refractivity contribution in [3.05, 3.63) is 29.3 Å². The molecule has 0 atom stereocenters. The summed E-state index contributed by atoms with van der Waals surface area (Å²) in [4.78, 5) is 0. The first kappa shape index (κ1) is 11.5. The molecule has 0 bridgehead atoms. The molecule has 0 spiro atoms. The number of hydrogen-bond acceptors (Lipinski definition) is 3. The van der Waals surface area contributed by atoms with Crippen LogP contribution in [0.15, 0.2) is 16.7 Å². The van der Waals surface area contributed by atoms with Gasteiger partial charge in [0.1, 0.15) is 17.2 Å². The number of furan rings is 1. The number of nitrogens with zero attached hydrogens (tertiary/aromatic N) is 2. The van der Waals surface area contributed by atoms with Gasteiger partial charge in [0.05, 0.1) is 0 Å². The minimum absolute atomic E-state index is 0.713. The summed E-state index contributed by atoms with van der Waals surface area (Å²) in [6, 6.07) is 2.78. The average Bonchev–Trinajstić information content (AvgIpc) is 2.98. The van der Waals surface area contributed by atoms with E-state index in [-0.39, 0.29) is 0 Å². The van der Waals surface area contributed by atoms with Crippen LogP contribution in [0.3, 0.4) is 0 Å². The lowest BCUT2D eigenvalue weighted by atomic mass is 10.1. The van der Waals surface area contributed by atoms with Crippen LogP contribution in [0.4, 0.5) is 0 Å². The fraction of sp³-hybridized carbons (Fsp3) is 0.500. The minimum atomic E-state index is 0.713. The molecule has 0 unspecified atom stereocenters. The van der Waals surface area contributed by atoms with Crippen LogP contribution >= 0.6 is 0 Å². The Balaban J connectivity index is 1.91. The Morgan fingerprint density at radius 1 is 1.44 bits per heavy atom. The molecule has 1 fully saturated rings. The van der Waals surface area contributed by atoms with E-state index in [1.165, 1.54) is 18.4 Å². The zero-order valence-electron chi connectivity index (χ0n) is 11.2. The number of nitrogens with one attached hydrogen (secondary N) is 1. The normalized spacial score (nSPS) is 15.3. The summed E-state index contributed by atoms with van der Waals surface area (Å²) in [6.07, 6.45) is 4.70. The van der Waals surface area contributed by atoms with Gasteiger partial charge in [0, 0.05) is 37.0 Å². The minimum Gasteiger partial charge on any atom is -0.466 e. The summed E-state index contributed by atoms with van der Waals surface area (Å²) >= 11 is 0. The predicted octanol–water partition coefficient (Wildman–Crippen LogP) is 2.55. The highest BCUT2D eigenvalue weighted by molar-refractivity contribution is 5.65. The Morgan fingerprint density at radius 3 is 2.83 bits per heavy atom. The van der Waals surface area contributed by atoms with Crippen LogP contribution < -0.4 is 5.32 Å². The smallest absolute Gasteiger partial charge is 0.110 e. The van der Waals surface area contributed by atoms with Crippen molar-refractivity contribution in [2.24, 2.45) is 7.05 Å². The van der Waals surface area contributed by atoms with Crippen molar-refractivity contribution in [1.29, 1.82) is 0 Å². The highest BCUT2D eigenvalue weighted by atomic mass is 16.3. The van der Waals surface area contributed by atoms with Crippen molar-refractivity contribution < 1.29 is 4.42 Å². The monoisotopic (exact) mass is 245 g/mol. The number of rotatable bonds is 4. The van der Waals surface area contributed by atoms with E-state index < -0.39 is 0 Å². The lowest BCUT2D eigenvalue weighted by Gasteiger charge is -2.02. The van der Waals surface area contributed by atoms with Crippen LogP contribution in [0.5, 0.6) is 0 Å². The van der Waals surface area contributed by atoms with Crippen LogP contribution in [0.2, 0.25) is 0 Å². The summed E-state index contributed by atoms with van der Waals surface area (Å²) in [5.41, 5.74) is 3.40. The van der Waals surface area contributed by atoms with Gasteiger partial charge in [-0.1, -0.05) is 0 Å². The van der Waals surface area contributed by atoms with Gasteiger partial charge in [0.15, 0.2) is 0 Å². The van der Waals surface area contributed by atoms with Gasteiger partial charge in [0.2, 0.25) is 0 Å². The first-order chi connectivity index (χ1) is 8.63. The Hall–Kier alpha value is -1.55. The molecule has 0 radical (unpaired) electrons. The molecule has 2 aromatic heterocycles. The van der Waals surface area contributed by atoms with E-state index in [0.29, 0.717) is 6.04 Å². The molecule has 2 aromatic rings. The van der Waals surface area contributed by atoms with Crippen LogP contribution in [-0.2, 0) is 13.6 Å². The zero-order chi connectivity index (χ0) is 12.7. The first-order valence-corrected chi connectivity index (χ1v) is 6.47. The summed E-state index contributed by atoms with van der Waals surface area (Å²) in [5.74, 6) is 1.88. The highest BCUT2D eigenvalue weighted by Crippen LogP contribution is 2.28. The Labute approximate surface area is 107 Å². The van der Waals surface area contributed by atoms with Gasteiger partial charge >= 0.3 is 0 Å². The Morgan fingerprint density at radius 2 is 2.22 bits per heavy atom. The molecule has 0 aromatic carbocycles. The van der Waals surface area contributed by atoms with Crippen LogP contribution in [0.25, 0.3) is 11.3 Å². The van der Waals surface area contributed by atoms with Gasteiger partial charge in [0.25, 0.3) is 0 Å². The molecule has 0 aliphatic heterocycles. The maximum absolute atomic E-state index is 5.60. The van der Waals surface area contributed by atoms with E-state index >= 15 is 0 Å². The molecule has 4 heteroatoms. The molecule has 96 valence electrons. The van der Waals surface area contributed by atoms with Crippen molar-refractivity contribution in [3.63, 3.8) is 0 Å². The number of aryl methyl sites for hydroxylation is 3. The first-order valence-electron chi connectivity index (χ1n) is 6.47. The van der Waals surface area contributed by atoms with Crippen molar-refractivity contribution in [2.75, 3.05) is 0 Å². The third-order valence-corrected chi connectivity index (χ3v) is 3.36. The van der Waals surface area contributed by atoms with Gasteiger partial charge < -0.3 is 9.73 Å². The van der Waals surface area contributed by atoms with E-state index in [1.54, 1.807) is 0 Å². The van der Waals surface area contributed by atoms with Crippen molar-refractivity contribution in [2.45, 2.75) is 39.3 Å².